The van der Waals surface area contributed by atoms with Crippen LogP contribution in [0.2, 0.25) is 0 Å². The zero-order chi connectivity index (χ0) is 14.4. The van der Waals surface area contributed by atoms with Crippen LogP contribution in [0.5, 0.6) is 5.75 Å². The van der Waals surface area contributed by atoms with Crippen LogP contribution in [-0.4, -0.2) is 41.5 Å². The fourth-order valence-electron chi connectivity index (χ4n) is 1.70. The van der Waals surface area contributed by atoms with E-state index < -0.39 is 0 Å². The second-order valence-corrected chi connectivity index (χ2v) is 4.25. The van der Waals surface area contributed by atoms with Crippen LogP contribution in [-0.2, 0) is 4.79 Å². The Bertz CT molecular complexity index is 468. The van der Waals surface area contributed by atoms with Gasteiger partial charge >= 0.3 is 0 Å². The Hall–Kier alpha value is -2.04. The minimum Gasteiger partial charge on any atom is -0.508 e. The summed E-state index contributed by atoms with van der Waals surface area (Å²) in [6.45, 7) is 6.74. The number of nitrogens with zero attached hydrogens (tertiary/aromatic N) is 1. The summed E-state index contributed by atoms with van der Waals surface area (Å²) < 4.78 is 0. The lowest BCUT2D eigenvalue weighted by Gasteiger charge is -2.18. The average molecular weight is 264 g/mol. The molecule has 0 fully saturated rings. The van der Waals surface area contributed by atoms with E-state index in [1.54, 1.807) is 24.0 Å². The van der Waals surface area contributed by atoms with Gasteiger partial charge in [-0.2, -0.15) is 0 Å². The van der Waals surface area contributed by atoms with Gasteiger partial charge in [-0.1, -0.05) is 6.07 Å². The van der Waals surface area contributed by atoms with E-state index in [9.17, 15) is 14.7 Å². The highest BCUT2D eigenvalue weighted by molar-refractivity contribution is 5.96. The highest BCUT2D eigenvalue weighted by Gasteiger charge is 2.12. The Balaban J connectivity index is 2.60. The van der Waals surface area contributed by atoms with Crippen LogP contribution < -0.4 is 5.32 Å². The summed E-state index contributed by atoms with van der Waals surface area (Å²) in [7, 11) is 0. The molecule has 0 bridgehead atoms. The van der Waals surface area contributed by atoms with E-state index in [-0.39, 0.29) is 24.1 Å². The zero-order valence-electron chi connectivity index (χ0n) is 11.6. The van der Waals surface area contributed by atoms with Crippen molar-refractivity contribution in [2.45, 2.75) is 20.8 Å². The van der Waals surface area contributed by atoms with Crippen molar-refractivity contribution >= 4 is 11.8 Å². The number of amides is 2. The Morgan fingerprint density at radius 1 is 1.26 bits per heavy atom. The second kappa shape index (κ2) is 6.78. The molecule has 0 spiro atoms. The monoisotopic (exact) mass is 264 g/mol. The molecule has 1 aromatic carbocycles. The molecular weight excluding hydrogens is 244 g/mol. The lowest BCUT2D eigenvalue weighted by molar-refractivity contribution is -0.129. The topological polar surface area (TPSA) is 69.6 Å². The number of rotatable bonds is 5. The molecule has 0 saturated heterocycles. The van der Waals surface area contributed by atoms with Crippen molar-refractivity contribution in [3.8, 4) is 5.75 Å². The molecule has 0 radical (unpaired) electrons. The lowest BCUT2D eigenvalue weighted by Crippen LogP contribution is -2.39. The Labute approximate surface area is 113 Å². The molecule has 0 heterocycles. The average Bonchev–Trinajstić information content (AvgIpc) is 2.40. The first-order valence-electron chi connectivity index (χ1n) is 6.35. The maximum Gasteiger partial charge on any atom is 0.251 e. The summed E-state index contributed by atoms with van der Waals surface area (Å²) in [4.78, 5) is 25.2. The molecule has 0 atom stereocenters. The van der Waals surface area contributed by atoms with E-state index in [1.165, 1.54) is 6.07 Å². The van der Waals surface area contributed by atoms with Gasteiger partial charge in [-0.25, -0.2) is 0 Å². The van der Waals surface area contributed by atoms with Crippen molar-refractivity contribution in [3.05, 3.63) is 29.3 Å². The van der Waals surface area contributed by atoms with Crippen molar-refractivity contribution in [2.24, 2.45) is 0 Å². The van der Waals surface area contributed by atoms with Crippen molar-refractivity contribution in [3.63, 3.8) is 0 Å². The van der Waals surface area contributed by atoms with E-state index in [0.29, 0.717) is 24.2 Å². The number of phenols is 1. The summed E-state index contributed by atoms with van der Waals surface area (Å²) in [5.74, 6) is -0.409. The first-order valence-corrected chi connectivity index (χ1v) is 6.35. The van der Waals surface area contributed by atoms with Crippen LogP contribution in [0.4, 0.5) is 0 Å². The summed E-state index contributed by atoms with van der Waals surface area (Å²) in [5, 5.41) is 12.1. The van der Waals surface area contributed by atoms with Crippen LogP contribution in [0, 0.1) is 6.92 Å². The van der Waals surface area contributed by atoms with Gasteiger partial charge in [-0.15, -0.1) is 0 Å². The number of aromatic hydroxyl groups is 1. The van der Waals surface area contributed by atoms with Gasteiger partial charge in [0.15, 0.2) is 0 Å². The van der Waals surface area contributed by atoms with Crippen LogP contribution in [0.1, 0.15) is 29.8 Å². The molecule has 0 saturated carbocycles. The third-order valence-electron chi connectivity index (χ3n) is 2.99. The number of phenolic OH excluding ortho intramolecular Hbond substituents is 1. The largest absolute Gasteiger partial charge is 0.508 e. The Morgan fingerprint density at radius 2 is 1.89 bits per heavy atom. The molecule has 2 amide bonds. The maximum atomic E-state index is 11.8. The smallest absolute Gasteiger partial charge is 0.251 e. The van der Waals surface area contributed by atoms with E-state index >= 15 is 0 Å². The third kappa shape index (κ3) is 3.98. The standard InChI is InChI=1S/C14H20N2O3/c1-4-16(5-2)13(18)9-15-14(19)11-7-6-10(3)12(17)8-11/h6-8,17H,4-5,9H2,1-3H3,(H,15,19). The lowest BCUT2D eigenvalue weighted by atomic mass is 10.1. The van der Waals surface area contributed by atoms with Gasteiger partial charge in [0.05, 0.1) is 6.54 Å². The first kappa shape index (κ1) is 15.0. The number of aryl methyl sites for hydroxylation is 1. The van der Waals surface area contributed by atoms with Gasteiger partial charge in [-0.3, -0.25) is 9.59 Å². The van der Waals surface area contributed by atoms with Crippen molar-refractivity contribution < 1.29 is 14.7 Å². The quantitative estimate of drug-likeness (QED) is 0.842. The molecule has 19 heavy (non-hydrogen) atoms. The SMILES string of the molecule is CCN(CC)C(=O)CNC(=O)c1ccc(C)c(O)c1. The Kier molecular flexibility index (Phi) is 5.36. The summed E-state index contributed by atoms with van der Waals surface area (Å²) in [5.41, 5.74) is 1.05. The molecular formula is C14H20N2O3. The number of hydrogen-bond donors (Lipinski definition) is 2. The Morgan fingerprint density at radius 3 is 2.42 bits per heavy atom. The minimum absolute atomic E-state index is 0.0326. The number of carbonyl (C=O) groups is 2. The maximum absolute atomic E-state index is 11.8. The van der Waals surface area contributed by atoms with Crippen molar-refractivity contribution in [1.82, 2.24) is 10.2 Å². The van der Waals surface area contributed by atoms with E-state index in [4.69, 9.17) is 0 Å². The molecule has 104 valence electrons. The molecule has 1 aromatic rings. The van der Waals surface area contributed by atoms with Crippen molar-refractivity contribution in [2.75, 3.05) is 19.6 Å². The normalized spacial score (nSPS) is 10.1. The van der Waals surface area contributed by atoms with Gasteiger partial charge in [0.2, 0.25) is 5.91 Å². The highest BCUT2D eigenvalue weighted by Crippen LogP contribution is 2.17. The number of carbonyl (C=O) groups excluding carboxylic acids is 2. The minimum atomic E-state index is -0.365. The van der Waals surface area contributed by atoms with Crippen LogP contribution in [0.15, 0.2) is 18.2 Å². The predicted molar refractivity (Wildman–Crippen MR) is 73.1 cm³/mol. The highest BCUT2D eigenvalue weighted by atomic mass is 16.3. The number of hydrogen-bond acceptors (Lipinski definition) is 3. The zero-order valence-corrected chi connectivity index (χ0v) is 11.6. The number of nitrogens with one attached hydrogen (secondary N) is 1. The number of benzene rings is 1. The van der Waals surface area contributed by atoms with E-state index in [1.807, 2.05) is 13.8 Å². The van der Waals surface area contributed by atoms with Crippen LogP contribution in [0.25, 0.3) is 0 Å². The first-order chi connectivity index (χ1) is 8.99. The molecule has 0 aromatic heterocycles. The van der Waals surface area contributed by atoms with Gasteiger partial charge < -0.3 is 15.3 Å². The third-order valence-corrected chi connectivity index (χ3v) is 2.99. The molecule has 0 aliphatic carbocycles. The van der Waals surface area contributed by atoms with Gasteiger partial charge in [0.1, 0.15) is 5.75 Å². The molecule has 1 rings (SSSR count). The van der Waals surface area contributed by atoms with Gasteiger partial charge in [0.25, 0.3) is 5.91 Å². The fourth-order valence-corrected chi connectivity index (χ4v) is 1.70. The van der Waals surface area contributed by atoms with E-state index in [2.05, 4.69) is 5.32 Å². The summed E-state index contributed by atoms with van der Waals surface area (Å²) >= 11 is 0. The molecule has 0 aliphatic rings. The molecule has 5 heteroatoms. The fraction of sp³-hybridized carbons (Fsp3) is 0.429. The second-order valence-electron chi connectivity index (χ2n) is 4.25. The molecule has 2 N–H and O–H groups in total. The predicted octanol–water partition coefficient (Wildman–Crippen LogP) is 1.30. The van der Waals surface area contributed by atoms with Gasteiger partial charge in [0, 0.05) is 18.7 Å². The van der Waals surface area contributed by atoms with E-state index in [0.717, 1.165) is 0 Å². The van der Waals surface area contributed by atoms with Gasteiger partial charge in [-0.05, 0) is 38.5 Å². The van der Waals surface area contributed by atoms with Crippen molar-refractivity contribution in [1.29, 1.82) is 0 Å². The number of likely N-dealkylation sites (N-methyl/N-ethyl adjacent to an activating group) is 1. The summed E-state index contributed by atoms with van der Waals surface area (Å²) in [6.07, 6.45) is 0. The van der Waals surface area contributed by atoms with Crippen LogP contribution in [0.3, 0.4) is 0 Å². The molecule has 5 nitrogen and oxygen atoms in total. The molecule has 0 aliphatic heterocycles. The molecule has 0 unspecified atom stereocenters. The van der Waals surface area contributed by atoms with Crippen LogP contribution >= 0.6 is 0 Å². The summed E-state index contributed by atoms with van der Waals surface area (Å²) in [6, 6.07) is 4.68.